The fourth-order valence-corrected chi connectivity index (χ4v) is 2.18. The lowest BCUT2D eigenvalue weighted by atomic mass is 10.4. The number of rotatable bonds is 6. The van der Waals surface area contributed by atoms with Crippen molar-refractivity contribution in [3.8, 4) is 0 Å². The maximum atomic E-state index is 10.3. The molecular formula is C12H14O3S. The highest BCUT2D eigenvalue weighted by Gasteiger charge is 2.21. The Kier molecular flexibility index (Phi) is 3.74. The summed E-state index contributed by atoms with van der Waals surface area (Å²) in [6.07, 6.45) is 5.37. The Morgan fingerprint density at radius 1 is 1.56 bits per heavy atom. The number of aliphatic carboxylic acids is 1. The monoisotopic (exact) mass is 238 g/mol. The van der Waals surface area contributed by atoms with Crippen LogP contribution >= 0.6 is 11.3 Å². The minimum Gasteiger partial charge on any atom is -0.478 e. The Hall–Kier alpha value is -1.13. The quantitative estimate of drug-likeness (QED) is 0.775. The van der Waals surface area contributed by atoms with Gasteiger partial charge in [-0.2, -0.15) is 0 Å². The molecule has 0 saturated heterocycles. The topological polar surface area (TPSA) is 46.5 Å². The van der Waals surface area contributed by atoms with Gasteiger partial charge in [0.1, 0.15) is 0 Å². The molecule has 1 aliphatic rings. The van der Waals surface area contributed by atoms with E-state index in [1.54, 1.807) is 17.4 Å². The van der Waals surface area contributed by atoms with Gasteiger partial charge in [0, 0.05) is 22.4 Å². The summed E-state index contributed by atoms with van der Waals surface area (Å²) >= 11 is 1.57. The molecule has 0 spiro atoms. The summed E-state index contributed by atoms with van der Waals surface area (Å²) in [5.74, 6) is -0.133. The van der Waals surface area contributed by atoms with Crippen LogP contribution in [-0.2, 0) is 16.1 Å². The van der Waals surface area contributed by atoms with Crippen LogP contribution in [0.2, 0.25) is 0 Å². The molecule has 3 nitrogen and oxygen atoms in total. The first-order valence-electron chi connectivity index (χ1n) is 5.31. The third-order valence-corrected chi connectivity index (χ3v) is 3.39. The molecule has 0 unspecified atom stereocenters. The summed E-state index contributed by atoms with van der Waals surface area (Å²) < 4.78 is 5.55. The van der Waals surface area contributed by atoms with Crippen molar-refractivity contribution in [3.05, 3.63) is 28.0 Å². The van der Waals surface area contributed by atoms with E-state index in [1.165, 1.54) is 12.8 Å². The molecule has 1 heterocycles. The average molecular weight is 238 g/mol. The molecule has 0 aliphatic heterocycles. The smallest absolute Gasteiger partial charge is 0.328 e. The maximum Gasteiger partial charge on any atom is 0.328 e. The predicted molar refractivity (Wildman–Crippen MR) is 63.4 cm³/mol. The molecule has 0 radical (unpaired) electrons. The maximum absolute atomic E-state index is 10.3. The highest BCUT2D eigenvalue weighted by atomic mass is 32.1. The van der Waals surface area contributed by atoms with Crippen molar-refractivity contribution in [2.75, 3.05) is 6.61 Å². The fourth-order valence-electron chi connectivity index (χ4n) is 1.33. The lowest BCUT2D eigenvalue weighted by molar-refractivity contribution is -0.131. The van der Waals surface area contributed by atoms with Crippen LogP contribution in [0.4, 0.5) is 0 Å². The Morgan fingerprint density at radius 2 is 2.38 bits per heavy atom. The van der Waals surface area contributed by atoms with E-state index in [1.807, 2.05) is 12.1 Å². The second-order valence-corrected chi connectivity index (χ2v) is 5.13. The van der Waals surface area contributed by atoms with E-state index in [2.05, 4.69) is 0 Å². The number of carboxylic acids is 1. The summed E-state index contributed by atoms with van der Waals surface area (Å²) in [6, 6.07) is 3.90. The van der Waals surface area contributed by atoms with Crippen molar-refractivity contribution in [1.29, 1.82) is 0 Å². The summed E-state index contributed by atoms with van der Waals surface area (Å²) in [5.41, 5.74) is 0. The van der Waals surface area contributed by atoms with E-state index in [9.17, 15) is 4.79 Å². The highest BCUT2D eigenvalue weighted by Crippen LogP contribution is 2.29. The lowest BCUT2D eigenvalue weighted by Crippen LogP contribution is -1.94. The number of carbonyl (C=O) groups is 1. The van der Waals surface area contributed by atoms with Crippen molar-refractivity contribution >= 4 is 23.4 Å². The number of carboxylic acid groups (broad SMARTS) is 1. The first-order chi connectivity index (χ1) is 7.74. The van der Waals surface area contributed by atoms with Crippen LogP contribution in [0.15, 0.2) is 18.2 Å². The summed E-state index contributed by atoms with van der Waals surface area (Å²) in [5, 5.41) is 8.48. The molecule has 2 rings (SSSR count). The van der Waals surface area contributed by atoms with E-state index in [4.69, 9.17) is 9.84 Å². The average Bonchev–Trinajstić information content (AvgIpc) is 2.94. The molecule has 1 N–H and O–H groups in total. The van der Waals surface area contributed by atoms with Gasteiger partial charge in [-0.3, -0.25) is 0 Å². The van der Waals surface area contributed by atoms with Gasteiger partial charge in [0.25, 0.3) is 0 Å². The lowest BCUT2D eigenvalue weighted by Gasteiger charge is -1.99. The largest absolute Gasteiger partial charge is 0.478 e. The molecule has 4 heteroatoms. The minimum absolute atomic E-state index is 0.641. The van der Waals surface area contributed by atoms with E-state index in [-0.39, 0.29) is 0 Å². The molecule has 0 amide bonds. The van der Waals surface area contributed by atoms with E-state index >= 15 is 0 Å². The van der Waals surface area contributed by atoms with Gasteiger partial charge in [-0.1, -0.05) is 0 Å². The van der Waals surface area contributed by atoms with Crippen molar-refractivity contribution < 1.29 is 14.6 Å². The van der Waals surface area contributed by atoms with Crippen LogP contribution in [0.1, 0.15) is 22.6 Å². The van der Waals surface area contributed by atoms with Crippen LogP contribution in [0.5, 0.6) is 0 Å². The third kappa shape index (κ3) is 3.79. The van der Waals surface area contributed by atoms with Gasteiger partial charge in [0.15, 0.2) is 0 Å². The van der Waals surface area contributed by atoms with Gasteiger partial charge >= 0.3 is 5.97 Å². The first kappa shape index (κ1) is 11.4. The van der Waals surface area contributed by atoms with Gasteiger partial charge in [0.2, 0.25) is 0 Å². The number of thiophene rings is 1. The Labute approximate surface area is 98.4 Å². The third-order valence-electron chi connectivity index (χ3n) is 2.37. The molecule has 1 fully saturated rings. The zero-order valence-corrected chi connectivity index (χ0v) is 9.70. The fraction of sp³-hybridized carbons (Fsp3) is 0.417. The first-order valence-corrected chi connectivity index (χ1v) is 6.13. The standard InChI is InChI=1S/C12H14O3S/c13-12(14)6-5-10-3-4-11(16-10)8-15-7-9-1-2-9/h3-6,9H,1-2,7-8H2,(H,13,14). The van der Waals surface area contributed by atoms with Crippen molar-refractivity contribution in [2.24, 2.45) is 5.92 Å². The van der Waals surface area contributed by atoms with Crippen LogP contribution in [-0.4, -0.2) is 17.7 Å². The van der Waals surface area contributed by atoms with Crippen LogP contribution in [0, 0.1) is 5.92 Å². The molecular weight excluding hydrogens is 224 g/mol. The zero-order valence-electron chi connectivity index (χ0n) is 8.89. The van der Waals surface area contributed by atoms with Crippen LogP contribution < -0.4 is 0 Å². The normalized spacial score (nSPS) is 15.8. The van der Waals surface area contributed by atoms with Gasteiger partial charge in [-0.15, -0.1) is 11.3 Å². The molecule has 0 atom stereocenters. The highest BCUT2D eigenvalue weighted by molar-refractivity contribution is 7.12. The molecule has 0 aromatic carbocycles. The second-order valence-electron chi connectivity index (χ2n) is 3.93. The van der Waals surface area contributed by atoms with Crippen LogP contribution in [0.3, 0.4) is 0 Å². The SMILES string of the molecule is O=C(O)C=Cc1ccc(COCC2CC2)s1. The van der Waals surface area contributed by atoms with E-state index in [0.717, 1.165) is 28.4 Å². The molecule has 86 valence electrons. The van der Waals surface area contributed by atoms with Crippen molar-refractivity contribution in [2.45, 2.75) is 19.4 Å². The molecule has 16 heavy (non-hydrogen) atoms. The molecule has 1 aliphatic carbocycles. The number of hydrogen-bond acceptors (Lipinski definition) is 3. The molecule has 1 aromatic heterocycles. The Morgan fingerprint density at radius 3 is 3.06 bits per heavy atom. The summed E-state index contributed by atoms with van der Waals surface area (Å²) in [4.78, 5) is 12.4. The summed E-state index contributed by atoms with van der Waals surface area (Å²) in [7, 11) is 0. The predicted octanol–water partition coefficient (Wildman–Crippen LogP) is 2.77. The minimum atomic E-state index is -0.917. The molecule has 1 aromatic rings. The molecule has 1 saturated carbocycles. The second kappa shape index (κ2) is 5.27. The number of ether oxygens (including phenoxy) is 1. The van der Waals surface area contributed by atoms with Gasteiger partial charge in [-0.05, 0) is 37.0 Å². The Balaban J connectivity index is 1.78. The number of hydrogen-bond donors (Lipinski definition) is 1. The van der Waals surface area contributed by atoms with Crippen molar-refractivity contribution in [3.63, 3.8) is 0 Å². The van der Waals surface area contributed by atoms with Crippen LogP contribution in [0.25, 0.3) is 6.08 Å². The van der Waals surface area contributed by atoms with E-state index in [0.29, 0.717) is 6.61 Å². The zero-order chi connectivity index (χ0) is 11.4. The van der Waals surface area contributed by atoms with E-state index < -0.39 is 5.97 Å². The van der Waals surface area contributed by atoms with Crippen molar-refractivity contribution in [1.82, 2.24) is 0 Å². The van der Waals surface area contributed by atoms with Gasteiger partial charge < -0.3 is 9.84 Å². The van der Waals surface area contributed by atoms with Gasteiger partial charge in [0.05, 0.1) is 6.61 Å². The van der Waals surface area contributed by atoms with Gasteiger partial charge in [-0.25, -0.2) is 4.79 Å². The Bertz CT molecular complexity index is 391. The molecule has 0 bridgehead atoms. The summed E-state index contributed by atoms with van der Waals surface area (Å²) in [6.45, 7) is 1.50.